The van der Waals surface area contributed by atoms with E-state index in [1.165, 1.54) is 0 Å². The molecule has 0 saturated heterocycles. The van der Waals surface area contributed by atoms with E-state index in [2.05, 4.69) is 5.32 Å². The fourth-order valence-corrected chi connectivity index (χ4v) is 1.20. The smallest absolute Gasteiger partial charge is 0.305 e. The molecule has 0 spiro atoms. The zero-order valence-corrected chi connectivity index (χ0v) is 8.91. The number of carbonyl (C=O) groups excluding carboxylic acids is 1. The molecule has 14 heavy (non-hydrogen) atoms. The average Bonchev–Trinajstić information content (AvgIpc) is 2.03. The van der Waals surface area contributed by atoms with Crippen molar-refractivity contribution in [1.29, 1.82) is 0 Å². The van der Waals surface area contributed by atoms with E-state index >= 15 is 0 Å². The maximum atomic E-state index is 11.5. The number of carboxylic acid groups (broad SMARTS) is 1. The minimum Gasteiger partial charge on any atom is -0.481 e. The molecule has 5 nitrogen and oxygen atoms in total. The number of carbonyl (C=O) groups is 2. The molecule has 1 amide bonds. The summed E-state index contributed by atoms with van der Waals surface area (Å²) in [4.78, 5) is 23.5. The van der Waals surface area contributed by atoms with E-state index in [9.17, 15) is 9.59 Å². The van der Waals surface area contributed by atoms with Gasteiger partial charge in [-0.15, -0.1) is 0 Å². The van der Waals surface area contributed by atoms with Gasteiger partial charge in [0, 0.05) is 6.54 Å². The molecule has 0 aliphatic rings. The average molecular weight is 205 g/mol. The van der Waals surface area contributed by atoms with Gasteiger partial charge in [-0.1, -0.05) is 6.92 Å². The molecule has 0 radical (unpaired) electrons. The Hall–Kier alpha value is -1.10. The van der Waals surface area contributed by atoms with Gasteiger partial charge >= 0.3 is 5.97 Å². The lowest BCUT2D eigenvalue weighted by Crippen LogP contribution is -2.43. The van der Waals surface area contributed by atoms with Crippen LogP contribution in [0, 0.1) is 0 Å². The first-order valence-electron chi connectivity index (χ1n) is 4.65. The summed E-state index contributed by atoms with van der Waals surface area (Å²) in [5, 5.41) is 11.0. The van der Waals surface area contributed by atoms with E-state index in [1.807, 2.05) is 25.9 Å². The summed E-state index contributed by atoms with van der Waals surface area (Å²) in [6, 6.07) is -0.177. The van der Waals surface area contributed by atoms with E-state index in [1.54, 1.807) is 0 Å². The molecule has 1 unspecified atom stereocenters. The van der Waals surface area contributed by atoms with E-state index in [4.69, 9.17) is 5.11 Å². The Labute approximate surface area is 84.1 Å². The molecule has 0 heterocycles. The van der Waals surface area contributed by atoms with Crippen molar-refractivity contribution >= 4 is 11.9 Å². The Morgan fingerprint density at radius 2 is 2.00 bits per heavy atom. The molecule has 0 aliphatic heterocycles. The van der Waals surface area contributed by atoms with Crippen molar-refractivity contribution in [3.05, 3.63) is 0 Å². The van der Waals surface area contributed by atoms with Gasteiger partial charge in [0.05, 0.1) is 12.5 Å². The Morgan fingerprint density at radius 3 is 2.36 bits per heavy atom. The van der Waals surface area contributed by atoms with Crippen LogP contribution < -0.4 is 5.32 Å². The first-order chi connectivity index (χ1) is 6.49. The molecule has 2 N–H and O–H groups in total. The van der Waals surface area contributed by atoms with Crippen molar-refractivity contribution in [3.8, 4) is 0 Å². The van der Waals surface area contributed by atoms with Crippen LogP contribution in [-0.2, 0) is 9.59 Å². The molecule has 0 aromatic heterocycles. The number of aliphatic carboxylic acids is 1. The van der Waals surface area contributed by atoms with Crippen molar-refractivity contribution in [2.75, 3.05) is 20.6 Å². The normalized spacial score (nSPS) is 12.6. The second kappa shape index (κ2) is 6.37. The minimum atomic E-state index is -0.900. The standard InChI is InChI=1S/C9H18N2O3/c1-4-7(11(2)3)9(14)10-6-5-8(12)13/h7H,4-6H2,1-3H3,(H,10,14)(H,12,13)/i1+1,2+1,4+1. The highest BCUT2D eigenvalue weighted by Crippen LogP contribution is 1.98. The lowest BCUT2D eigenvalue weighted by atomic mass is 10.3. The van der Waals surface area contributed by atoms with Crippen LogP contribution in [0.4, 0.5) is 0 Å². The van der Waals surface area contributed by atoms with E-state index < -0.39 is 5.97 Å². The number of rotatable bonds is 6. The molecule has 82 valence electrons. The largest absolute Gasteiger partial charge is 0.481 e. The number of nitrogens with one attached hydrogen (secondary N) is 1. The summed E-state index contributed by atoms with van der Waals surface area (Å²) in [6.45, 7) is 2.11. The highest BCUT2D eigenvalue weighted by molar-refractivity contribution is 5.82. The van der Waals surface area contributed by atoms with Crippen LogP contribution in [0.5, 0.6) is 0 Å². The zero-order chi connectivity index (χ0) is 11.1. The molecule has 0 aromatic rings. The Morgan fingerprint density at radius 1 is 1.43 bits per heavy atom. The second-order valence-electron chi connectivity index (χ2n) is 3.32. The van der Waals surface area contributed by atoms with Crippen molar-refractivity contribution in [2.45, 2.75) is 25.8 Å². The van der Waals surface area contributed by atoms with Gasteiger partial charge in [-0.05, 0) is 20.5 Å². The van der Waals surface area contributed by atoms with Crippen LogP contribution in [0.25, 0.3) is 0 Å². The highest BCUT2D eigenvalue weighted by atomic mass is 16.4. The maximum absolute atomic E-state index is 11.5. The van der Waals surface area contributed by atoms with E-state index in [-0.39, 0.29) is 24.9 Å². The third-order valence-corrected chi connectivity index (χ3v) is 1.95. The second-order valence-corrected chi connectivity index (χ2v) is 3.32. The van der Waals surface area contributed by atoms with E-state index in [0.717, 1.165) is 0 Å². The van der Waals surface area contributed by atoms with Gasteiger partial charge in [0.25, 0.3) is 0 Å². The molecule has 1 atom stereocenters. The Kier molecular flexibility index (Phi) is 5.87. The summed E-state index contributed by atoms with van der Waals surface area (Å²) in [6.07, 6.45) is 0.682. The summed E-state index contributed by atoms with van der Waals surface area (Å²) in [5.41, 5.74) is 0. The molecule has 0 rings (SSSR count). The Bertz CT molecular complexity index is 204. The van der Waals surface area contributed by atoms with Gasteiger partial charge < -0.3 is 10.4 Å². The Balaban J connectivity index is 3.87. The fourth-order valence-electron chi connectivity index (χ4n) is 1.20. The van der Waals surface area contributed by atoms with Crippen LogP contribution in [0.3, 0.4) is 0 Å². The molecule has 0 aromatic carbocycles. The van der Waals surface area contributed by atoms with Gasteiger partial charge in [0.1, 0.15) is 0 Å². The molecule has 0 fully saturated rings. The lowest BCUT2D eigenvalue weighted by molar-refractivity contribution is -0.137. The SMILES string of the molecule is CN([13CH3])C([13CH2][13CH3])C(=O)NCCC(=O)O. The van der Waals surface area contributed by atoms with Gasteiger partial charge in [0.2, 0.25) is 5.91 Å². The van der Waals surface area contributed by atoms with Crippen molar-refractivity contribution < 1.29 is 14.7 Å². The molecule has 5 heteroatoms. The predicted molar refractivity (Wildman–Crippen MR) is 53.0 cm³/mol. The summed E-state index contributed by atoms with van der Waals surface area (Å²) < 4.78 is 0. The molecular formula is C9H18N2O3. The van der Waals surface area contributed by atoms with Crippen LogP contribution in [0.1, 0.15) is 19.8 Å². The van der Waals surface area contributed by atoms with Crippen molar-refractivity contribution in [1.82, 2.24) is 10.2 Å². The fraction of sp³-hybridized carbons (Fsp3) is 0.778. The van der Waals surface area contributed by atoms with Gasteiger partial charge in [0.15, 0.2) is 0 Å². The van der Waals surface area contributed by atoms with E-state index in [0.29, 0.717) is 6.42 Å². The molecule has 0 aliphatic carbocycles. The van der Waals surface area contributed by atoms with Crippen LogP contribution >= 0.6 is 0 Å². The molecule has 0 saturated carbocycles. The monoisotopic (exact) mass is 205 g/mol. The number of amides is 1. The van der Waals surface area contributed by atoms with Gasteiger partial charge in [-0.2, -0.15) is 0 Å². The zero-order valence-electron chi connectivity index (χ0n) is 8.91. The first kappa shape index (κ1) is 12.9. The maximum Gasteiger partial charge on any atom is 0.305 e. The first-order valence-corrected chi connectivity index (χ1v) is 4.65. The number of likely N-dealkylation sites (N-methyl/N-ethyl adjacent to an activating group) is 1. The lowest BCUT2D eigenvalue weighted by Gasteiger charge is -2.21. The minimum absolute atomic E-state index is 0.0321. The highest BCUT2D eigenvalue weighted by Gasteiger charge is 2.17. The third kappa shape index (κ3) is 4.81. The number of hydrogen-bond donors (Lipinski definition) is 2. The summed E-state index contributed by atoms with van der Waals surface area (Å²) >= 11 is 0. The number of hydrogen-bond acceptors (Lipinski definition) is 3. The van der Waals surface area contributed by atoms with Crippen molar-refractivity contribution in [2.24, 2.45) is 0 Å². The number of nitrogens with zero attached hydrogens (tertiary/aromatic N) is 1. The van der Waals surface area contributed by atoms with Crippen LogP contribution in [0.15, 0.2) is 0 Å². The van der Waals surface area contributed by atoms with Crippen LogP contribution in [-0.4, -0.2) is 48.6 Å². The summed E-state index contributed by atoms with van der Waals surface area (Å²) in [5.74, 6) is -1.01. The predicted octanol–water partition coefficient (Wildman–Crippen LogP) is -0.0825. The topological polar surface area (TPSA) is 69.6 Å². The summed E-state index contributed by atoms with van der Waals surface area (Å²) in [7, 11) is 3.65. The van der Waals surface area contributed by atoms with Crippen LogP contribution in [0.2, 0.25) is 0 Å². The quantitative estimate of drug-likeness (QED) is 0.595. The van der Waals surface area contributed by atoms with Gasteiger partial charge in [-0.25, -0.2) is 0 Å². The molecular weight excluding hydrogens is 187 g/mol. The van der Waals surface area contributed by atoms with Crippen molar-refractivity contribution in [3.63, 3.8) is 0 Å². The molecule has 0 bridgehead atoms. The van der Waals surface area contributed by atoms with Gasteiger partial charge in [-0.3, -0.25) is 14.5 Å². The third-order valence-electron chi connectivity index (χ3n) is 1.95. The number of carboxylic acids is 1.